The lowest BCUT2D eigenvalue weighted by molar-refractivity contribution is 0.0741. The van der Waals surface area contributed by atoms with Gasteiger partial charge >= 0.3 is 0 Å². The van der Waals surface area contributed by atoms with E-state index < -0.39 is 0 Å². The van der Waals surface area contributed by atoms with Gasteiger partial charge in [-0.2, -0.15) is 16.9 Å². The summed E-state index contributed by atoms with van der Waals surface area (Å²) in [5, 5.41) is 7.60. The molecule has 19 heavy (non-hydrogen) atoms. The number of H-pyrrole nitrogens is 1. The Balaban J connectivity index is 1.58. The molecule has 2 aliphatic rings. The van der Waals surface area contributed by atoms with E-state index in [9.17, 15) is 4.79 Å². The normalized spacial score (nSPS) is 25.2. The highest BCUT2D eigenvalue weighted by Crippen LogP contribution is 2.38. The third-order valence-electron chi connectivity index (χ3n) is 3.74. The maximum Gasteiger partial charge on any atom is 0.274 e. The van der Waals surface area contributed by atoms with E-state index in [0.717, 1.165) is 24.4 Å². The molecule has 0 aliphatic carbocycles. The van der Waals surface area contributed by atoms with Gasteiger partial charge in [0.05, 0.1) is 6.26 Å². The number of fused-ring (bicyclic) bond motifs is 2. The van der Waals surface area contributed by atoms with Crippen molar-refractivity contribution in [2.24, 2.45) is 0 Å². The zero-order valence-corrected chi connectivity index (χ0v) is 11.0. The van der Waals surface area contributed by atoms with E-state index in [1.807, 2.05) is 28.8 Å². The average Bonchev–Trinajstić information content (AvgIpc) is 3.18. The van der Waals surface area contributed by atoms with E-state index >= 15 is 0 Å². The summed E-state index contributed by atoms with van der Waals surface area (Å²) in [5.74, 6) is 1.79. The third kappa shape index (κ3) is 1.78. The molecule has 0 saturated carbocycles. The van der Waals surface area contributed by atoms with Crippen LogP contribution in [0.25, 0.3) is 11.5 Å². The highest BCUT2D eigenvalue weighted by atomic mass is 32.2. The topological polar surface area (TPSA) is 62.1 Å². The molecule has 2 bridgehead atoms. The van der Waals surface area contributed by atoms with Gasteiger partial charge in [0, 0.05) is 29.7 Å². The number of hydrogen-bond acceptors (Lipinski definition) is 4. The van der Waals surface area contributed by atoms with Crippen LogP contribution in [0.4, 0.5) is 0 Å². The van der Waals surface area contributed by atoms with Gasteiger partial charge in [-0.05, 0) is 18.6 Å². The van der Waals surface area contributed by atoms with Crippen molar-refractivity contribution in [2.75, 3.05) is 12.3 Å². The molecule has 2 saturated heterocycles. The third-order valence-corrected chi connectivity index (χ3v) is 5.14. The van der Waals surface area contributed by atoms with Crippen molar-refractivity contribution in [3.63, 3.8) is 0 Å². The van der Waals surface area contributed by atoms with Crippen molar-refractivity contribution >= 4 is 17.7 Å². The fourth-order valence-electron chi connectivity index (χ4n) is 2.78. The Hall–Kier alpha value is -1.69. The van der Waals surface area contributed by atoms with Gasteiger partial charge in [-0.3, -0.25) is 9.89 Å². The Morgan fingerprint density at radius 1 is 1.58 bits per heavy atom. The largest absolute Gasteiger partial charge is 0.463 e. The summed E-state index contributed by atoms with van der Waals surface area (Å²) >= 11 is 1.97. The first-order valence-electron chi connectivity index (χ1n) is 6.33. The van der Waals surface area contributed by atoms with E-state index in [-0.39, 0.29) is 5.91 Å². The molecular formula is C13H13N3O2S. The van der Waals surface area contributed by atoms with Crippen LogP contribution in [0.2, 0.25) is 0 Å². The van der Waals surface area contributed by atoms with E-state index in [4.69, 9.17) is 4.42 Å². The maximum absolute atomic E-state index is 12.4. The van der Waals surface area contributed by atoms with Crippen molar-refractivity contribution in [2.45, 2.75) is 17.7 Å². The molecule has 2 fully saturated rings. The Morgan fingerprint density at radius 2 is 2.53 bits per heavy atom. The molecule has 1 amide bonds. The van der Waals surface area contributed by atoms with Crippen molar-refractivity contribution in [1.29, 1.82) is 0 Å². The summed E-state index contributed by atoms with van der Waals surface area (Å²) in [4.78, 5) is 14.4. The molecule has 0 spiro atoms. The molecule has 5 nitrogen and oxygen atoms in total. The smallest absolute Gasteiger partial charge is 0.274 e. The van der Waals surface area contributed by atoms with Crippen LogP contribution in [0, 0.1) is 0 Å². The first kappa shape index (κ1) is 11.2. The second kappa shape index (κ2) is 4.16. The highest BCUT2D eigenvalue weighted by Gasteiger charge is 2.41. The number of aromatic amines is 1. The zero-order valence-electron chi connectivity index (χ0n) is 10.2. The van der Waals surface area contributed by atoms with Crippen molar-refractivity contribution in [1.82, 2.24) is 15.1 Å². The average molecular weight is 275 g/mol. The summed E-state index contributed by atoms with van der Waals surface area (Å²) in [5.41, 5.74) is 1.22. The van der Waals surface area contributed by atoms with Crippen LogP contribution in [-0.4, -0.2) is 44.6 Å². The number of carbonyl (C=O) groups excluding carboxylic acids is 1. The number of hydrogen-bond donors (Lipinski definition) is 1. The van der Waals surface area contributed by atoms with Gasteiger partial charge in [0.25, 0.3) is 5.91 Å². The summed E-state index contributed by atoms with van der Waals surface area (Å²) in [6.45, 7) is 0.858. The fourth-order valence-corrected chi connectivity index (χ4v) is 4.22. The van der Waals surface area contributed by atoms with Crippen LogP contribution in [0.3, 0.4) is 0 Å². The molecular weight excluding hydrogens is 262 g/mol. The highest BCUT2D eigenvalue weighted by molar-refractivity contribution is 8.00. The number of furan rings is 1. The number of likely N-dealkylation sites (tertiary alicyclic amines) is 1. The molecule has 2 aromatic heterocycles. The van der Waals surface area contributed by atoms with E-state index in [1.54, 1.807) is 12.3 Å². The lowest BCUT2D eigenvalue weighted by Gasteiger charge is -2.25. The van der Waals surface area contributed by atoms with Gasteiger partial charge in [0.2, 0.25) is 0 Å². The number of nitrogens with zero attached hydrogens (tertiary/aromatic N) is 2. The molecule has 2 unspecified atom stereocenters. The SMILES string of the molecule is O=C(c1cc(-c2ccco2)[nH]n1)N1CC2CC1CS2. The van der Waals surface area contributed by atoms with Crippen LogP contribution < -0.4 is 0 Å². The van der Waals surface area contributed by atoms with E-state index in [1.165, 1.54) is 0 Å². The number of rotatable bonds is 2. The van der Waals surface area contributed by atoms with Crippen LogP contribution >= 0.6 is 11.8 Å². The van der Waals surface area contributed by atoms with Gasteiger partial charge < -0.3 is 9.32 Å². The first-order valence-corrected chi connectivity index (χ1v) is 7.38. The Labute approximate surface area is 114 Å². The standard InChI is InChI=1S/C13H13N3O2S/c17-13(16-6-9-4-8(16)7-19-9)11-5-10(14-15-11)12-2-1-3-18-12/h1-3,5,8-9H,4,6-7H2,(H,14,15). The van der Waals surface area contributed by atoms with Gasteiger partial charge in [-0.1, -0.05) is 0 Å². The zero-order chi connectivity index (χ0) is 12.8. The van der Waals surface area contributed by atoms with Gasteiger partial charge in [0.1, 0.15) is 5.69 Å². The molecule has 0 radical (unpaired) electrons. The van der Waals surface area contributed by atoms with Crippen molar-refractivity contribution < 1.29 is 9.21 Å². The lowest BCUT2D eigenvalue weighted by Crippen LogP contribution is -2.39. The number of aromatic nitrogens is 2. The molecule has 6 heteroatoms. The molecule has 2 aromatic rings. The first-order chi connectivity index (χ1) is 9.31. The van der Waals surface area contributed by atoms with Gasteiger partial charge in [-0.25, -0.2) is 0 Å². The quantitative estimate of drug-likeness (QED) is 0.910. The van der Waals surface area contributed by atoms with Crippen LogP contribution in [0.1, 0.15) is 16.9 Å². The molecule has 2 atom stereocenters. The number of carbonyl (C=O) groups is 1. The molecule has 0 aromatic carbocycles. The van der Waals surface area contributed by atoms with Crippen LogP contribution in [-0.2, 0) is 0 Å². The maximum atomic E-state index is 12.4. The number of nitrogens with one attached hydrogen (secondary N) is 1. The Morgan fingerprint density at radius 3 is 3.21 bits per heavy atom. The summed E-state index contributed by atoms with van der Waals surface area (Å²) in [6.07, 6.45) is 2.74. The molecule has 4 rings (SSSR count). The van der Waals surface area contributed by atoms with E-state index in [2.05, 4.69) is 10.2 Å². The van der Waals surface area contributed by atoms with Crippen LogP contribution in [0.5, 0.6) is 0 Å². The molecule has 98 valence electrons. The van der Waals surface area contributed by atoms with Crippen LogP contribution in [0.15, 0.2) is 28.9 Å². The molecule has 2 aliphatic heterocycles. The Bertz CT molecular complexity index is 607. The fraction of sp³-hybridized carbons (Fsp3) is 0.385. The number of thioether (sulfide) groups is 1. The second-order valence-electron chi connectivity index (χ2n) is 4.95. The predicted octanol–water partition coefficient (Wildman–Crippen LogP) is 2.00. The lowest BCUT2D eigenvalue weighted by atomic mass is 10.2. The van der Waals surface area contributed by atoms with E-state index in [0.29, 0.717) is 22.7 Å². The minimum atomic E-state index is 0.0295. The monoisotopic (exact) mass is 275 g/mol. The predicted molar refractivity (Wildman–Crippen MR) is 72.0 cm³/mol. The van der Waals surface area contributed by atoms with Crippen molar-refractivity contribution in [3.8, 4) is 11.5 Å². The number of amides is 1. The van der Waals surface area contributed by atoms with Gasteiger partial charge in [0.15, 0.2) is 11.5 Å². The van der Waals surface area contributed by atoms with Crippen molar-refractivity contribution in [3.05, 3.63) is 30.2 Å². The second-order valence-corrected chi connectivity index (χ2v) is 6.28. The molecule has 4 heterocycles. The minimum Gasteiger partial charge on any atom is -0.463 e. The Kier molecular flexibility index (Phi) is 2.44. The van der Waals surface area contributed by atoms with Gasteiger partial charge in [-0.15, -0.1) is 0 Å². The summed E-state index contributed by atoms with van der Waals surface area (Å²) < 4.78 is 5.29. The summed E-state index contributed by atoms with van der Waals surface area (Å²) in [6, 6.07) is 5.82. The summed E-state index contributed by atoms with van der Waals surface area (Å²) in [7, 11) is 0. The minimum absolute atomic E-state index is 0.0295. The molecule has 1 N–H and O–H groups in total.